The summed E-state index contributed by atoms with van der Waals surface area (Å²) in [6, 6.07) is -0.565. The van der Waals surface area contributed by atoms with Crippen molar-refractivity contribution in [2.24, 2.45) is 0 Å². The predicted octanol–water partition coefficient (Wildman–Crippen LogP) is 9.77. The van der Waals surface area contributed by atoms with Gasteiger partial charge in [-0.15, -0.1) is 11.3 Å². The van der Waals surface area contributed by atoms with E-state index in [1.165, 1.54) is 159 Å². The molecule has 324 valence electrons. The molecule has 1 aliphatic heterocycles. The van der Waals surface area contributed by atoms with Crippen LogP contribution in [0, 0.1) is 0 Å². The molecule has 1 aromatic heterocycles. The first kappa shape index (κ1) is 50.3. The second kappa shape index (κ2) is 33.0. The summed E-state index contributed by atoms with van der Waals surface area (Å²) in [5.74, 6) is 0. The van der Waals surface area contributed by atoms with Crippen molar-refractivity contribution >= 4 is 16.5 Å². The number of thiazole rings is 1. The van der Waals surface area contributed by atoms with E-state index in [1.807, 2.05) is 0 Å². The third-order valence-electron chi connectivity index (χ3n) is 11.8. The van der Waals surface area contributed by atoms with Gasteiger partial charge in [-0.3, -0.25) is 0 Å². The van der Waals surface area contributed by atoms with Crippen LogP contribution in [0.4, 0.5) is 5.13 Å². The van der Waals surface area contributed by atoms with Crippen LogP contribution in [0.15, 0.2) is 5.38 Å². The van der Waals surface area contributed by atoms with Crippen molar-refractivity contribution in [1.82, 2.24) is 4.98 Å². The number of aryl methyl sites for hydroxylation is 1. The fraction of sp³-hybridized carbons (Fsp3) is 0.933. The lowest BCUT2D eigenvalue weighted by molar-refractivity contribution is -0.230. The fourth-order valence-electron chi connectivity index (χ4n) is 8.05. The first-order chi connectivity index (χ1) is 26.8. The Hall–Kier alpha value is -0.850. The molecule has 55 heavy (non-hydrogen) atoms. The quantitative estimate of drug-likeness (QED) is 0.0326. The summed E-state index contributed by atoms with van der Waals surface area (Å²) in [6.45, 7) is 4.05. The van der Waals surface area contributed by atoms with Gasteiger partial charge in [0.1, 0.15) is 24.4 Å². The predicted molar refractivity (Wildman–Crippen MR) is 229 cm³/mol. The second-order valence-electron chi connectivity index (χ2n) is 16.8. The van der Waals surface area contributed by atoms with E-state index >= 15 is 0 Å². The number of hydrogen-bond donors (Lipinski definition) is 7. The van der Waals surface area contributed by atoms with Crippen LogP contribution in [0.1, 0.15) is 212 Å². The molecule has 2 rings (SSSR count). The zero-order valence-electron chi connectivity index (χ0n) is 35.3. The number of nitrogens with one attached hydrogen (secondary N) is 1. The first-order valence-electron chi connectivity index (χ1n) is 23.2. The number of anilines is 1. The third-order valence-corrected chi connectivity index (χ3v) is 12.6. The smallest absolute Gasteiger partial charge is 0.183 e. The van der Waals surface area contributed by atoms with Gasteiger partial charge in [-0.2, -0.15) is 0 Å². The van der Waals surface area contributed by atoms with E-state index in [0.29, 0.717) is 18.0 Å². The van der Waals surface area contributed by atoms with Crippen LogP contribution < -0.4 is 5.32 Å². The molecule has 1 fully saturated rings. The van der Waals surface area contributed by atoms with Crippen LogP contribution in [0.2, 0.25) is 0 Å². The zero-order valence-corrected chi connectivity index (χ0v) is 36.1. The lowest BCUT2D eigenvalue weighted by atomic mass is 9.90. The molecule has 1 aliphatic rings. The largest absolute Gasteiger partial charge is 0.394 e. The molecule has 1 saturated heterocycles. The van der Waals surface area contributed by atoms with Gasteiger partial charge in [-0.1, -0.05) is 181 Å². The maximum Gasteiger partial charge on any atom is 0.183 e. The number of aliphatic hydroxyl groups excluding tert-OH is 6. The average Bonchev–Trinajstić information content (AvgIpc) is 3.64. The van der Waals surface area contributed by atoms with Gasteiger partial charge >= 0.3 is 0 Å². The molecule has 0 aromatic carbocycles. The highest BCUT2D eigenvalue weighted by atomic mass is 32.1. The minimum Gasteiger partial charge on any atom is -0.394 e. The van der Waals surface area contributed by atoms with Crippen LogP contribution in [-0.4, -0.2) is 91.0 Å². The minimum absolute atomic E-state index is 0.249. The number of unbranched alkanes of at least 4 members (excludes halogenated alkanes) is 25. The standard InChI is InChI=1S/C45H86N2O7S/c1-3-5-7-9-11-13-15-17-18-19-20-22-24-26-28-30-36-35-55-45(46-36)47-37(32-33-39-42(51)44(53)43(52)40(34-48)54-39)41(50)38(49)31-29-27-25-23-21-16-14-12-10-8-6-4-2/h35,37-44,48-53H,3-34H2,1-2H3,(H,46,47)/t37-,38-,39+,40+,41-,42-,43-,44+/m0/s1. The summed E-state index contributed by atoms with van der Waals surface area (Å²) in [4.78, 5) is 4.82. The molecule has 0 spiro atoms. The van der Waals surface area contributed by atoms with Crippen molar-refractivity contribution < 1.29 is 35.4 Å². The van der Waals surface area contributed by atoms with Crippen molar-refractivity contribution in [2.45, 2.75) is 262 Å². The molecule has 9 nitrogen and oxygen atoms in total. The van der Waals surface area contributed by atoms with E-state index < -0.39 is 55.4 Å². The summed E-state index contributed by atoms with van der Waals surface area (Å²) in [5, 5.41) is 69.4. The van der Waals surface area contributed by atoms with Gasteiger partial charge in [0.2, 0.25) is 0 Å². The van der Waals surface area contributed by atoms with Crippen molar-refractivity contribution in [1.29, 1.82) is 0 Å². The van der Waals surface area contributed by atoms with Crippen molar-refractivity contribution in [3.63, 3.8) is 0 Å². The van der Waals surface area contributed by atoms with Crippen LogP contribution in [0.3, 0.4) is 0 Å². The van der Waals surface area contributed by atoms with Gasteiger partial charge in [0.15, 0.2) is 5.13 Å². The number of nitrogens with zero attached hydrogens (tertiary/aromatic N) is 1. The monoisotopic (exact) mass is 799 g/mol. The highest BCUT2D eigenvalue weighted by Gasteiger charge is 2.43. The Morgan fingerprint density at radius 3 is 1.51 bits per heavy atom. The topological polar surface area (TPSA) is 156 Å². The Balaban J connectivity index is 1.75. The average molecular weight is 799 g/mol. The van der Waals surface area contributed by atoms with Gasteiger partial charge in [-0.25, -0.2) is 4.98 Å². The highest BCUT2D eigenvalue weighted by molar-refractivity contribution is 7.13. The minimum atomic E-state index is -1.44. The van der Waals surface area contributed by atoms with Crippen molar-refractivity contribution in [2.75, 3.05) is 11.9 Å². The normalized spacial score (nSPS) is 21.9. The van der Waals surface area contributed by atoms with Crippen LogP contribution in [-0.2, 0) is 11.2 Å². The Kier molecular flexibility index (Phi) is 30.2. The van der Waals surface area contributed by atoms with E-state index in [-0.39, 0.29) is 6.42 Å². The van der Waals surface area contributed by atoms with Gasteiger partial charge in [0.05, 0.1) is 36.7 Å². The summed E-state index contributed by atoms with van der Waals surface area (Å²) in [7, 11) is 0. The molecule has 0 amide bonds. The van der Waals surface area contributed by atoms with Gasteiger partial charge in [0, 0.05) is 5.38 Å². The maximum atomic E-state index is 11.4. The SMILES string of the molecule is CCCCCCCCCCCCCCCCCc1csc(N[C@@H](CC[C@H]2O[C@H](CO)[C@H](O)[C@H](O)[C@H]2O)[C@H](O)[C@@H](O)CCCCCCCCCCCCCC)n1. The molecule has 0 bridgehead atoms. The molecule has 0 radical (unpaired) electrons. The number of aliphatic hydroxyl groups is 6. The fourth-order valence-corrected chi connectivity index (χ4v) is 8.85. The Morgan fingerprint density at radius 1 is 0.600 bits per heavy atom. The van der Waals surface area contributed by atoms with E-state index in [2.05, 4.69) is 24.5 Å². The van der Waals surface area contributed by atoms with E-state index in [1.54, 1.807) is 0 Å². The number of hydrogen-bond acceptors (Lipinski definition) is 10. The van der Waals surface area contributed by atoms with E-state index in [4.69, 9.17) is 9.72 Å². The van der Waals surface area contributed by atoms with E-state index in [0.717, 1.165) is 37.8 Å². The van der Waals surface area contributed by atoms with Crippen LogP contribution >= 0.6 is 11.3 Å². The zero-order chi connectivity index (χ0) is 39.9. The Bertz CT molecular complexity index is 1000. The molecular weight excluding hydrogens is 713 g/mol. The lowest BCUT2D eigenvalue weighted by Gasteiger charge is -2.40. The summed E-state index contributed by atoms with van der Waals surface area (Å²) >= 11 is 1.50. The number of rotatable bonds is 37. The Labute approximate surface area is 340 Å². The van der Waals surface area contributed by atoms with E-state index in [9.17, 15) is 30.6 Å². The molecular formula is C45H86N2O7S. The first-order valence-corrected chi connectivity index (χ1v) is 24.1. The number of aromatic nitrogens is 1. The van der Waals surface area contributed by atoms with Gasteiger partial charge in [0.25, 0.3) is 0 Å². The molecule has 7 N–H and O–H groups in total. The third kappa shape index (κ3) is 22.8. The molecule has 8 atom stereocenters. The molecule has 0 unspecified atom stereocenters. The maximum absolute atomic E-state index is 11.4. The molecule has 1 aromatic rings. The molecule has 2 heterocycles. The van der Waals surface area contributed by atoms with Crippen molar-refractivity contribution in [3.8, 4) is 0 Å². The molecule has 10 heteroatoms. The Morgan fingerprint density at radius 2 is 1.04 bits per heavy atom. The van der Waals surface area contributed by atoms with Crippen LogP contribution in [0.5, 0.6) is 0 Å². The second-order valence-corrected chi connectivity index (χ2v) is 17.6. The highest BCUT2D eigenvalue weighted by Crippen LogP contribution is 2.28. The molecule has 0 aliphatic carbocycles. The molecule has 0 saturated carbocycles. The summed E-state index contributed by atoms with van der Waals surface area (Å²) in [6.07, 6.45) is 28.9. The van der Waals surface area contributed by atoms with Crippen molar-refractivity contribution in [3.05, 3.63) is 11.1 Å². The summed E-state index contributed by atoms with van der Waals surface area (Å²) < 4.78 is 5.75. The van der Waals surface area contributed by atoms with Gasteiger partial charge in [-0.05, 0) is 32.1 Å². The number of ether oxygens (including phenoxy) is 1. The lowest BCUT2D eigenvalue weighted by Crippen LogP contribution is -2.58. The van der Waals surface area contributed by atoms with Gasteiger partial charge < -0.3 is 40.7 Å². The summed E-state index contributed by atoms with van der Waals surface area (Å²) in [5.41, 5.74) is 1.03. The van der Waals surface area contributed by atoms with Crippen LogP contribution in [0.25, 0.3) is 0 Å².